The van der Waals surface area contributed by atoms with Gasteiger partial charge in [0.1, 0.15) is 11.4 Å². The Morgan fingerprint density at radius 2 is 2.11 bits per heavy atom. The molecule has 1 aromatic carbocycles. The molecule has 2 rings (SSSR count). The first kappa shape index (κ1) is 13.4. The third-order valence-electron chi connectivity index (χ3n) is 3.18. The fourth-order valence-electron chi connectivity index (χ4n) is 1.96. The Hall–Kier alpha value is -1.06. The van der Waals surface area contributed by atoms with E-state index in [1.807, 2.05) is 12.1 Å². The number of hydrogen-bond donors (Lipinski definition) is 1. The first-order valence-electron chi connectivity index (χ1n) is 6.64. The third-order valence-corrected chi connectivity index (χ3v) is 3.18. The molecule has 0 heterocycles. The van der Waals surface area contributed by atoms with Crippen molar-refractivity contribution in [3.63, 3.8) is 0 Å². The molecule has 1 saturated carbocycles. The molecule has 0 aliphatic heterocycles. The molecule has 1 aliphatic rings. The van der Waals surface area contributed by atoms with Gasteiger partial charge in [-0.25, -0.2) is 0 Å². The van der Waals surface area contributed by atoms with Crippen molar-refractivity contribution in [1.29, 1.82) is 0 Å². The van der Waals surface area contributed by atoms with E-state index in [9.17, 15) is 0 Å². The number of hydrogen-bond acceptors (Lipinski definition) is 3. The van der Waals surface area contributed by atoms with E-state index in [0.29, 0.717) is 12.6 Å². The van der Waals surface area contributed by atoms with Gasteiger partial charge in [-0.2, -0.15) is 0 Å². The lowest BCUT2D eigenvalue weighted by Crippen LogP contribution is -2.36. The molecule has 100 valence electrons. The summed E-state index contributed by atoms with van der Waals surface area (Å²) in [5.41, 5.74) is 1.18. The molecule has 0 saturated heterocycles. The van der Waals surface area contributed by atoms with Crippen LogP contribution >= 0.6 is 0 Å². The molecule has 1 aliphatic carbocycles. The average Bonchev–Trinajstić information content (AvgIpc) is 3.08. The van der Waals surface area contributed by atoms with E-state index in [0.717, 1.165) is 30.7 Å². The van der Waals surface area contributed by atoms with E-state index >= 15 is 0 Å². The molecule has 0 aromatic heterocycles. The van der Waals surface area contributed by atoms with E-state index in [4.69, 9.17) is 9.47 Å². The minimum atomic E-state index is 0.0238. The van der Waals surface area contributed by atoms with E-state index in [2.05, 4.69) is 31.3 Å². The lowest BCUT2D eigenvalue weighted by molar-refractivity contribution is 0.169. The smallest absolute Gasteiger partial charge is 0.122 e. The monoisotopic (exact) mass is 249 g/mol. The van der Waals surface area contributed by atoms with Crippen molar-refractivity contribution in [3.05, 3.63) is 29.8 Å². The zero-order valence-corrected chi connectivity index (χ0v) is 11.5. The second kappa shape index (κ2) is 5.72. The highest BCUT2D eigenvalue weighted by molar-refractivity contribution is 5.29. The number of benzene rings is 1. The van der Waals surface area contributed by atoms with Crippen molar-refractivity contribution < 1.29 is 9.47 Å². The molecular formula is C15H23NO2. The Morgan fingerprint density at radius 1 is 1.33 bits per heavy atom. The molecule has 18 heavy (non-hydrogen) atoms. The van der Waals surface area contributed by atoms with E-state index in [1.54, 1.807) is 7.11 Å². The maximum absolute atomic E-state index is 6.13. The minimum Gasteiger partial charge on any atom is -0.486 e. The Bertz CT molecular complexity index is 386. The number of rotatable bonds is 7. The third kappa shape index (κ3) is 3.72. The molecule has 0 atom stereocenters. The average molecular weight is 249 g/mol. The first-order valence-corrected chi connectivity index (χ1v) is 6.64. The van der Waals surface area contributed by atoms with Crippen LogP contribution in [0.4, 0.5) is 0 Å². The molecule has 0 unspecified atom stereocenters. The lowest BCUT2D eigenvalue weighted by Gasteiger charge is -2.20. The Labute approximate surface area is 109 Å². The highest BCUT2D eigenvalue weighted by Gasteiger charge is 2.45. The summed E-state index contributed by atoms with van der Waals surface area (Å²) in [5.74, 6) is 0.951. The summed E-state index contributed by atoms with van der Waals surface area (Å²) >= 11 is 0. The van der Waals surface area contributed by atoms with Gasteiger partial charge in [0, 0.05) is 19.7 Å². The molecule has 0 radical (unpaired) electrons. The van der Waals surface area contributed by atoms with Gasteiger partial charge in [0.2, 0.25) is 0 Å². The fourth-order valence-corrected chi connectivity index (χ4v) is 1.96. The van der Waals surface area contributed by atoms with Gasteiger partial charge in [0.25, 0.3) is 0 Å². The summed E-state index contributed by atoms with van der Waals surface area (Å²) in [5, 5.41) is 3.46. The van der Waals surface area contributed by atoms with Gasteiger partial charge in [-0.1, -0.05) is 26.0 Å². The Morgan fingerprint density at radius 3 is 2.72 bits per heavy atom. The highest BCUT2D eigenvalue weighted by Crippen LogP contribution is 2.39. The molecule has 0 spiro atoms. The van der Waals surface area contributed by atoms with Crippen molar-refractivity contribution >= 4 is 0 Å². The maximum atomic E-state index is 6.13. The van der Waals surface area contributed by atoms with Crippen LogP contribution in [0.3, 0.4) is 0 Å². The van der Waals surface area contributed by atoms with Gasteiger partial charge in [0.05, 0.1) is 6.61 Å². The number of nitrogens with one attached hydrogen (secondary N) is 1. The van der Waals surface area contributed by atoms with Crippen LogP contribution in [0.2, 0.25) is 0 Å². The molecular weight excluding hydrogens is 226 g/mol. The maximum Gasteiger partial charge on any atom is 0.122 e. The van der Waals surface area contributed by atoms with Crippen LogP contribution in [0, 0.1) is 0 Å². The van der Waals surface area contributed by atoms with Crippen LogP contribution in [0.5, 0.6) is 5.75 Å². The second-order valence-corrected chi connectivity index (χ2v) is 5.40. The number of methoxy groups -OCH3 is 1. The summed E-state index contributed by atoms with van der Waals surface area (Å²) in [6.07, 6.45) is 2.28. The second-order valence-electron chi connectivity index (χ2n) is 5.40. The van der Waals surface area contributed by atoms with Gasteiger partial charge in [-0.05, 0) is 30.5 Å². The van der Waals surface area contributed by atoms with Crippen LogP contribution < -0.4 is 10.1 Å². The first-order chi connectivity index (χ1) is 8.63. The predicted molar refractivity (Wildman–Crippen MR) is 72.9 cm³/mol. The van der Waals surface area contributed by atoms with Crippen LogP contribution in [0.25, 0.3) is 0 Å². The zero-order valence-electron chi connectivity index (χ0n) is 11.5. The van der Waals surface area contributed by atoms with Crippen LogP contribution in [0.1, 0.15) is 32.3 Å². The van der Waals surface area contributed by atoms with Gasteiger partial charge in [-0.15, -0.1) is 0 Å². The summed E-state index contributed by atoms with van der Waals surface area (Å²) < 4.78 is 11.3. The Kier molecular flexibility index (Phi) is 4.25. The van der Waals surface area contributed by atoms with Gasteiger partial charge in [0.15, 0.2) is 0 Å². The zero-order chi connectivity index (χ0) is 13.0. The SMILES string of the molecule is COCc1cccc(OC2(CNC(C)C)CC2)c1. The molecule has 0 amide bonds. The van der Waals surface area contributed by atoms with E-state index < -0.39 is 0 Å². The summed E-state index contributed by atoms with van der Waals surface area (Å²) in [7, 11) is 1.71. The van der Waals surface area contributed by atoms with Crippen molar-refractivity contribution in [2.45, 2.75) is 44.9 Å². The summed E-state index contributed by atoms with van der Waals surface area (Å²) in [4.78, 5) is 0. The van der Waals surface area contributed by atoms with Gasteiger partial charge >= 0.3 is 0 Å². The molecule has 1 aromatic rings. The fraction of sp³-hybridized carbons (Fsp3) is 0.600. The van der Waals surface area contributed by atoms with Crippen LogP contribution in [-0.2, 0) is 11.3 Å². The summed E-state index contributed by atoms with van der Waals surface area (Å²) in [6.45, 7) is 5.89. The Balaban J connectivity index is 1.94. The lowest BCUT2D eigenvalue weighted by atomic mass is 10.2. The topological polar surface area (TPSA) is 30.5 Å². The quantitative estimate of drug-likeness (QED) is 0.806. The van der Waals surface area contributed by atoms with Crippen LogP contribution in [0.15, 0.2) is 24.3 Å². The minimum absolute atomic E-state index is 0.0238. The highest BCUT2D eigenvalue weighted by atomic mass is 16.5. The molecule has 3 heteroatoms. The van der Waals surface area contributed by atoms with Crippen molar-refractivity contribution in [1.82, 2.24) is 5.32 Å². The van der Waals surface area contributed by atoms with Crippen molar-refractivity contribution in [3.8, 4) is 5.75 Å². The van der Waals surface area contributed by atoms with Crippen molar-refractivity contribution in [2.75, 3.05) is 13.7 Å². The number of ether oxygens (including phenoxy) is 2. The van der Waals surface area contributed by atoms with E-state index in [-0.39, 0.29) is 5.60 Å². The van der Waals surface area contributed by atoms with Crippen LogP contribution in [-0.4, -0.2) is 25.3 Å². The van der Waals surface area contributed by atoms with Gasteiger partial charge in [-0.3, -0.25) is 0 Å². The molecule has 3 nitrogen and oxygen atoms in total. The van der Waals surface area contributed by atoms with E-state index in [1.165, 1.54) is 0 Å². The van der Waals surface area contributed by atoms with Crippen molar-refractivity contribution in [2.24, 2.45) is 0 Å². The predicted octanol–water partition coefficient (Wildman–Crippen LogP) is 2.74. The molecule has 0 bridgehead atoms. The van der Waals surface area contributed by atoms with Gasteiger partial charge < -0.3 is 14.8 Å². The molecule has 1 N–H and O–H groups in total. The largest absolute Gasteiger partial charge is 0.486 e. The standard InChI is InChI=1S/C15H23NO2/c1-12(2)16-11-15(7-8-15)18-14-6-4-5-13(9-14)10-17-3/h4-6,9,12,16H,7-8,10-11H2,1-3H3. The normalized spacial score (nSPS) is 16.9. The molecule has 1 fully saturated rings. The summed E-state index contributed by atoms with van der Waals surface area (Å²) in [6, 6.07) is 8.68.